The largest absolute Gasteiger partial charge is 0.258 e. The summed E-state index contributed by atoms with van der Waals surface area (Å²) >= 11 is 3.29. The third-order valence-electron chi connectivity index (χ3n) is 2.73. The highest BCUT2D eigenvalue weighted by atomic mass is 32.2. The molecule has 0 saturated heterocycles. The summed E-state index contributed by atoms with van der Waals surface area (Å²) < 4.78 is 5.77. The number of hydrogen-bond acceptors (Lipinski definition) is 4. The molecule has 1 aromatic carbocycles. The van der Waals surface area contributed by atoms with Crippen LogP contribution in [0.4, 0.5) is 0 Å². The Morgan fingerprint density at radius 3 is 2.50 bits per heavy atom. The third kappa shape index (κ3) is 2.18. The highest BCUT2D eigenvalue weighted by Crippen LogP contribution is 2.44. The van der Waals surface area contributed by atoms with E-state index in [-0.39, 0.29) is 0 Å². The van der Waals surface area contributed by atoms with Crippen LogP contribution in [0.3, 0.4) is 0 Å². The Balaban J connectivity index is 1.88. The van der Waals surface area contributed by atoms with Crippen molar-refractivity contribution >= 4 is 34.5 Å². The fourth-order valence-electron chi connectivity index (χ4n) is 1.88. The van der Waals surface area contributed by atoms with Crippen LogP contribution in [0, 0.1) is 0 Å². The van der Waals surface area contributed by atoms with Crippen molar-refractivity contribution in [3.05, 3.63) is 57.5 Å². The molecule has 90 valence electrons. The van der Waals surface area contributed by atoms with E-state index in [2.05, 4.69) is 34.5 Å². The molecule has 2 aliphatic rings. The maximum absolute atomic E-state index is 4.55. The minimum absolute atomic E-state index is 1.07. The van der Waals surface area contributed by atoms with Gasteiger partial charge in [0.2, 0.25) is 0 Å². The number of allylic oxidation sites excluding steroid dienone is 3. The van der Waals surface area contributed by atoms with Gasteiger partial charge in [-0.15, -0.1) is 0 Å². The number of hydrogen-bond donors (Lipinski definition) is 0. The molecule has 0 radical (unpaired) electrons. The predicted octanol–water partition coefficient (Wildman–Crippen LogP) is 4.42. The quantitative estimate of drug-likeness (QED) is 0.707. The minimum Gasteiger partial charge on any atom is -0.258 e. The molecular weight excluding hydrogens is 260 g/mol. The van der Waals surface area contributed by atoms with Gasteiger partial charge in [-0.25, -0.2) is 4.40 Å². The van der Waals surface area contributed by atoms with E-state index >= 15 is 0 Å². The molecule has 0 atom stereocenters. The molecule has 3 rings (SSSR count). The van der Waals surface area contributed by atoms with Crippen LogP contribution >= 0.6 is 23.7 Å². The first-order valence-electron chi connectivity index (χ1n) is 5.70. The first kappa shape index (κ1) is 11.8. The van der Waals surface area contributed by atoms with E-state index < -0.39 is 0 Å². The lowest BCUT2D eigenvalue weighted by Gasteiger charge is -2.01. The van der Waals surface area contributed by atoms with Crippen molar-refractivity contribution in [2.24, 2.45) is 9.39 Å². The molecule has 0 bridgehead atoms. The van der Waals surface area contributed by atoms with Crippen LogP contribution in [0.1, 0.15) is 19.4 Å². The minimum atomic E-state index is 1.07. The Morgan fingerprint density at radius 1 is 1.06 bits per heavy atom. The summed E-state index contributed by atoms with van der Waals surface area (Å²) in [6.07, 6.45) is 2.13. The van der Waals surface area contributed by atoms with Crippen molar-refractivity contribution in [2.45, 2.75) is 13.8 Å². The number of aliphatic imine (C=N–C) groups is 1. The van der Waals surface area contributed by atoms with Gasteiger partial charge < -0.3 is 0 Å². The molecule has 0 N–H and O–H groups in total. The van der Waals surface area contributed by atoms with Crippen LogP contribution in [-0.2, 0) is 0 Å². The average Bonchev–Trinajstić information content (AvgIpc) is 2.97. The van der Waals surface area contributed by atoms with E-state index in [1.807, 2.05) is 25.1 Å². The van der Waals surface area contributed by atoms with Gasteiger partial charge >= 0.3 is 0 Å². The van der Waals surface area contributed by atoms with Gasteiger partial charge in [-0.3, -0.25) is 4.99 Å². The molecule has 0 spiro atoms. The Kier molecular flexibility index (Phi) is 3.14. The molecule has 2 nitrogen and oxygen atoms in total. The molecule has 0 aromatic heterocycles. The lowest BCUT2D eigenvalue weighted by atomic mass is 10.2. The van der Waals surface area contributed by atoms with Crippen molar-refractivity contribution < 1.29 is 0 Å². The van der Waals surface area contributed by atoms with E-state index in [1.165, 1.54) is 15.4 Å². The topological polar surface area (TPSA) is 24.7 Å². The van der Waals surface area contributed by atoms with Gasteiger partial charge in [-0.2, -0.15) is 0 Å². The molecular formula is C14H12N2S2. The average molecular weight is 272 g/mol. The first-order chi connectivity index (χ1) is 8.74. The fourth-order valence-corrected chi connectivity index (χ4v) is 3.96. The van der Waals surface area contributed by atoms with Gasteiger partial charge in [-0.05, 0) is 19.9 Å². The Labute approximate surface area is 115 Å². The molecule has 0 saturated carbocycles. The zero-order valence-corrected chi connectivity index (χ0v) is 11.8. The molecule has 2 aliphatic heterocycles. The molecule has 0 fully saturated rings. The molecule has 18 heavy (non-hydrogen) atoms. The van der Waals surface area contributed by atoms with Gasteiger partial charge in [0, 0.05) is 34.5 Å². The molecule has 4 heteroatoms. The lowest BCUT2D eigenvalue weighted by Crippen LogP contribution is -1.93. The number of thioether (sulfide) groups is 1. The Bertz CT molecular complexity index is 610. The van der Waals surface area contributed by atoms with Crippen molar-refractivity contribution in [1.29, 1.82) is 0 Å². The standard InChI is InChI=1S/C14H12N2S2/c1-9-8-12(10(2)15-9)14-17-13(16-18-14)11-6-4-3-5-7-11/h3-8H,1-2H3/b14-12+. The second-order valence-corrected chi connectivity index (χ2v) is 6.17. The summed E-state index contributed by atoms with van der Waals surface area (Å²) in [7, 11) is 0. The Morgan fingerprint density at radius 2 is 1.83 bits per heavy atom. The van der Waals surface area contributed by atoms with Gasteiger partial charge in [-0.1, -0.05) is 42.1 Å². The second-order valence-electron chi connectivity index (χ2n) is 4.14. The van der Waals surface area contributed by atoms with Gasteiger partial charge in [0.1, 0.15) is 5.04 Å². The maximum Gasteiger partial charge on any atom is 0.117 e. The van der Waals surface area contributed by atoms with E-state index in [0.717, 1.165) is 16.5 Å². The van der Waals surface area contributed by atoms with Gasteiger partial charge in [0.05, 0.1) is 4.24 Å². The normalized spacial score (nSPS) is 22.9. The molecule has 0 amide bonds. The SMILES string of the molecule is CC1=C/C(=C2\SN=C(c3ccccc3)S2)C(C)=N1. The van der Waals surface area contributed by atoms with E-state index in [0.29, 0.717) is 0 Å². The number of benzene rings is 1. The second kappa shape index (κ2) is 4.78. The van der Waals surface area contributed by atoms with E-state index in [1.54, 1.807) is 23.7 Å². The van der Waals surface area contributed by atoms with Crippen LogP contribution in [0.25, 0.3) is 0 Å². The predicted molar refractivity (Wildman–Crippen MR) is 82.1 cm³/mol. The first-order valence-corrected chi connectivity index (χ1v) is 7.29. The van der Waals surface area contributed by atoms with Crippen molar-refractivity contribution in [2.75, 3.05) is 0 Å². The lowest BCUT2D eigenvalue weighted by molar-refractivity contribution is 1.34. The summed E-state index contributed by atoms with van der Waals surface area (Å²) in [4.78, 5) is 4.46. The van der Waals surface area contributed by atoms with Gasteiger partial charge in [0.25, 0.3) is 0 Å². The van der Waals surface area contributed by atoms with E-state index in [9.17, 15) is 0 Å². The number of rotatable bonds is 1. The molecule has 1 aromatic rings. The van der Waals surface area contributed by atoms with Crippen LogP contribution < -0.4 is 0 Å². The highest BCUT2D eigenvalue weighted by molar-refractivity contribution is 8.32. The van der Waals surface area contributed by atoms with Crippen molar-refractivity contribution in [3.8, 4) is 0 Å². The summed E-state index contributed by atoms with van der Waals surface area (Å²) in [5, 5.41) is 1.08. The Hall–Kier alpha value is -1.26. The summed E-state index contributed by atoms with van der Waals surface area (Å²) in [5.41, 5.74) is 4.56. The van der Waals surface area contributed by atoms with Crippen molar-refractivity contribution in [3.63, 3.8) is 0 Å². The smallest absolute Gasteiger partial charge is 0.117 e. The summed E-state index contributed by atoms with van der Waals surface area (Å²) in [5.74, 6) is 0. The fraction of sp³-hybridized carbons (Fsp3) is 0.143. The third-order valence-corrected chi connectivity index (χ3v) is 4.90. The zero-order chi connectivity index (χ0) is 12.5. The highest BCUT2D eigenvalue weighted by Gasteiger charge is 2.22. The monoisotopic (exact) mass is 272 g/mol. The van der Waals surface area contributed by atoms with Gasteiger partial charge in [0.15, 0.2) is 0 Å². The van der Waals surface area contributed by atoms with Crippen LogP contribution in [-0.4, -0.2) is 10.8 Å². The molecule has 0 aliphatic carbocycles. The summed E-state index contributed by atoms with van der Waals surface area (Å²) in [6, 6.07) is 10.3. The van der Waals surface area contributed by atoms with Crippen LogP contribution in [0.2, 0.25) is 0 Å². The molecule has 2 heterocycles. The van der Waals surface area contributed by atoms with Crippen LogP contribution in [0.15, 0.2) is 61.3 Å². The van der Waals surface area contributed by atoms with Crippen LogP contribution in [0.5, 0.6) is 0 Å². The maximum atomic E-state index is 4.55. The van der Waals surface area contributed by atoms with E-state index in [4.69, 9.17) is 0 Å². The summed E-state index contributed by atoms with van der Waals surface area (Å²) in [6.45, 7) is 4.08. The zero-order valence-electron chi connectivity index (χ0n) is 10.2. The molecule has 0 unspecified atom stereocenters. The number of nitrogens with zero attached hydrogens (tertiary/aromatic N) is 2. The van der Waals surface area contributed by atoms with Crippen molar-refractivity contribution in [1.82, 2.24) is 0 Å².